The molecule has 0 aliphatic carbocycles. The first-order valence-electron chi connectivity index (χ1n) is 8.08. The van der Waals surface area contributed by atoms with E-state index in [0.717, 1.165) is 29.1 Å². The number of rotatable bonds is 8. The molecule has 0 radical (unpaired) electrons. The van der Waals surface area contributed by atoms with E-state index in [9.17, 15) is 9.18 Å². The van der Waals surface area contributed by atoms with Crippen molar-refractivity contribution < 1.29 is 9.18 Å². The van der Waals surface area contributed by atoms with Gasteiger partial charge in [0.25, 0.3) is 0 Å². The summed E-state index contributed by atoms with van der Waals surface area (Å²) in [5.41, 5.74) is 1.47. The second-order valence-corrected chi connectivity index (χ2v) is 6.65. The lowest BCUT2D eigenvalue weighted by Crippen LogP contribution is -2.33. The zero-order chi connectivity index (χ0) is 16.7. The molecule has 1 atom stereocenters. The van der Waals surface area contributed by atoms with Crippen molar-refractivity contribution in [1.82, 2.24) is 10.3 Å². The average molecular weight is 334 g/mol. The first-order valence-corrected chi connectivity index (χ1v) is 8.96. The zero-order valence-corrected chi connectivity index (χ0v) is 14.5. The highest BCUT2D eigenvalue weighted by molar-refractivity contribution is 7.13. The van der Waals surface area contributed by atoms with Crippen LogP contribution in [0.5, 0.6) is 0 Å². The highest BCUT2D eigenvalue weighted by Crippen LogP contribution is 2.24. The lowest BCUT2D eigenvalue weighted by atomic mass is 10.1. The van der Waals surface area contributed by atoms with Gasteiger partial charge in [-0.2, -0.15) is 0 Å². The van der Waals surface area contributed by atoms with Gasteiger partial charge in [-0.15, -0.1) is 11.3 Å². The summed E-state index contributed by atoms with van der Waals surface area (Å²) in [5, 5.41) is 5.61. The summed E-state index contributed by atoms with van der Waals surface area (Å²) in [4.78, 5) is 16.5. The lowest BCUT2D eigenvalue weighted by Gasteiger charge is -2.12. The predicted molar refractivity (Wildman–Crippen MR) is 93.0 cm³/mol. The molecular formula is C18H23FN2OS. The third-order valence-corrected chi connectivity index (χ3v) is 4.55. The van der Waals surface area contributed by atoms with Crippen molar-refractivity contribution in [3.8, 4) is 10.6 Å². The molecular weight excluding hydrogens is 311 g/mol. The maximum atomic E-state index is 13.3. The zero-order valence-electron chi connectivity index (χ0n) is 13.6. The number of carbonyl (C=O) groups excluding carboxylic acids is 1. The average Bonchev–Trinajstić information content (AvgIpc) is 2.95. The number of carbonyl (C=O) groups is 1. The van der Waals surface area contributed by atoms with Crippen molar-refractivity contribution in [2.75, 3.05) is 0 Å². The Labute approximate surface area is 141 Å². The molecule has 1 heterocycles. The van der Waals surface area contributed by atoms with Gasteiger partial charge in [0.1, 0.15) is 10.8 Å². The van der Waals surface area contributed by atoms with Gasteiger partial charge in [-0.1, -0.05) is 38.3 Å². The summed E-state index contributed by atoms with van der Waals surface area (Å²) in [5.74, 6) is -0.289. The monoisotopic (exact) mass is 334 g/mol. The van der Waals surface area contributed by atoms with Crippen LogP contribution in [-0.4, -0.2) is 16.9 Å². The van der Waals surface area contributed by atoms with Gasteiger partial charge in [0.05, 0.1) is 12.1 Å². The standard InChI is InChI=1S/C18H23FN2OS/c1-3-4-5-7-13(2)20-17(22)11-16-12-23-18(21-16)14-8-6-9-15(19)10-14/h6,8-10,12-13H,3-5,7,11H2,1-2H3,(H,20,22). The van der Waals surface area contributed by atoms with E-state index in [2.05, 4.69) is 17.2 Å². The van der Waals surface area contributed by atoms with Gasteiger partial charge in [0.2, 0.25) is 5.91 Å². The van der Waals surface area contributed by atoms with Crippen LogP contribution in [0.2, 0.25) is 0 Å². The van der Waals surface area contributed by atoms with Crippen LogP contribution in [0.1, 0.15) is 45.2 Å². The lowest BCUT2D eigenvalue weighted by molar-refractivity contribution is -0.121. The van der Waals surface area contributed by atoms with Crippen LogP contribution < -0.4 is 5.32 Å². The first kappa shape index (κ1) is 17.6. The molecule has 2 aromatic rings. The van der Waals surface area contributed by atoms with Crippen molar-refractivity contribution in [1.29, 1.82) is 0 Å². The summed E-state index contributed by atoms with van der Waals surface area (Å²) in [7, 11) is 0. The highest BCUT2D eigenvalue weighted by Gasteiger charge is 2.11. The van der Waals surface area contributed by atoms with Gasteiger partial charge in [-0.25, -0.2) is 9.37 Å². The van der Waals surface area contributed by atoms with Crippen LogP contribution >= 0.6 is 11.3 Å². The normalized spacial score (nSPS) is 12.1. The summed E-state index contributed by atoms with van der Waals surface area (Å²) in [6.45, 7) is 4.20. The number of benzene rings is 1. The number of halogens is 1. The van der Waals surface area contributed by atoms with Crippen molar-refractivity contribution in [3.63, 3.8) is 0 Å². The minimum absolute atomic E-state index is 0.00918. The molecule has 0 aliphatic rings. The number of aromatic nitrogens is 1. The van der Waals surface area contributed by atoms with Crippen molar-refractivity contribution in [3.05, 3.63) is 41.2 Å². The minimum Gasteiger partial charge on any atom is -0.353 e. The predicted octanol–water partition coefficient (Wildman–Crippen LogP) is 4.58. The number of amides is 1. The summed E-state index contributed by atoms with van der Waals surface area (Å²) >= 11 is 1.43. The Balaban J connectivity index is 1.87. The van der Waals surface area contributed by atoms with E-state index < -0.39 is 0 Å². The second kappa shape index (κ2) is 8.77. The van der Waals surface area contributed by atoms with Crippen LogP contribution in [0.3, 0.4) is 0 Å². The molecule has 3 nitrogen and oxygen atoms in total. The fourth-order valence-electron chi connectivity index (χ4n) is 2.41. The number of hydrogen-bond donors (Lipinski definition) is 1. The number of nitrogens with zero attached hydrogens (tertiary/aromatic N) is 1. The topological polar surface area (TPSA) is 42.0 Å². The molecule has 1 aromatic carbocycles. The Bertz CT molecular complexity index is 641. The number of thiazole rings is 1. The summed E-state index contributed by atoms with van der Waals surface area (Å²) in [6.07, 6.45) is 4.79. The molecule has 0 fully saturated rings. The Hall–Kier alpha value is -1.75. The van der Waals surface area contributed by atoms with Gasteiger partial charge >= 0.3 is 0 Å². The van der Waals surface area contributed by atoms with Crippen LogP contribution in [0.4, 0.5) is 4.39 Å². The molecule has 0 saturated heterocycles. The molecule has 124 valence electrons. The van der Waals surface area contributed by atoms with Gasteiger partial charge in [0.15, 0.2) is 0 Å². The van der Waals surface area contributed by atoms with E-state index in [1.807, 2.05) is 18.4 Å². The van der Waals surface area contributed by atoms with E-state index in [0.29, 0.717) is 0 Å². The quantitative estimate of drug-likeness (QED) is 0.718. The summed E-state index contributed by atoms with van der Waals surface area (Å²) in [6, 6.07) is 6.54. The third kappa shape index (κ3) is 5.75. The largest absolute Gasteiger partial charge is 0.353 e. The van der Waals surface area contributed by atoms with Crippen LogP contribution in [0.15, 0.2) is 29.6 Å². The van der Waals surface area contributed by atoms with Gasteiger partial charge in [-0.3, -0.25) is 4.79 Å². The Kier molecular flexibility index (Phi) is 6.71. The molecule has 1 aromatic heterocycles. The third-order valence-electron chi connectivity index (χ3n) is 3.61. The van der Waals surface area contributed by atoms with Crippen LogP contribution in [0.25, 0.3) is 10.6 Å². The van der Waals surface area contributed by atoms with Crippen molar-refractivity contribution in [2.24, 2.45) is 0 Å². The molecule has 1 N–H and O–H groups in total. The smallest absolute Gasteiger partial charge is 0.226 e. The SMILES string of the molecule is CCCCCC(C)NC(=O)Cc1csc(-c2cccc(F)c2)n1. The van der Waals surface area contributed by atoms with Crippen LogP contribution in [0, 0.1) is 5.82 Å². The van der Waals surface area contributed by atoms with Crippen molar-refractivity contribution in [2.45, 2.75) is 52.0 Å². The van der Waals surface area contributed by atoms with E-state index in [-0.39, 0.29) is 24.2 Å². The first-order chi connectivity index (χ1) is 11.1. The van der Waals surface area contributed by atoms with Crippen molar-refractivity contribution >= 4 is 17.2 Å². The minimum atomic E-state index is -0.280. The van der Waals surface area contributed by atoms with E-state index in [4.69, 9.17) is 0 Å². The maximum absolute atomic E-state index is 13.3. The van der Waals surface area contributed by atoms with Gasteiger partial charge in [-0.05, 0) is 25.5 Å². The Morgan fingerprint density at radius 3 is 2.96 bits per heavy atom. The summed E-state index contributed by atoms with van der Waals surface area (Å²) < 4.78 is 13.3. The molecule has 5 heteroatoms. The highest BCUT2D eigenvalue weighted by atomic mass is 32.1. The molecule has 0 aliphatic heterocycles. The van der Waals surface area contributed by atoms with Gasteiger partial charge in [0, 0.05) is 17.0 Å². The molecule has 1 unspecified atom stereocenters. The maximum Gasteiger partial charge on any atom is 0.226 e. The molecule has 1 amide bonds. The second-order valence-electron chi connectivity index (χ2n) is 5.80. The number of nitrogens with one attached hydrogen (secondary N) is 1. The van der Waals surface area contributed by atoms with E-state index >= 15 is 0 Å². The fraction of sp³-hybridized carbons (Fsp3) is 0.444. The Morgan fingerprint density at radius 1 is 1.39 bits per heavy atom. The number of unbranched alkanes of at least 4 members (excludes halogenated alkanes) is 2. The van der Waals surface area contributed by atoms with Gasteiger partial charge < -0.3 is 5.32 Å². The number of hydrogen-bond acceptors (Lipinski definition) is 3. The fourth-order valence-corrected chi connectivity index (χ4v) is 3.22. The van der Waals surface area contributed by atoms with E-state index in [1.165, 1.54) is 36.3 Å². The molecule has 2 rings (SSSR count). The van der Waals surface area contributed by atoms with E-state index in [1.54, 1.807) is 6.07 Å². The van der Waals surface area contributed by atoms with Crippen LogP contribution in [-0.2, 0) is 11.2 Å². The molecule has 0 saturated carbocycles. The molecule has 23 heavy (non-hydrogen) atoms. The molecule has 0 bridgehead atoms. The molecule has 0 spiro atoms. The Morgan fingerprint density at radius 2 is 2.22 bits per heavy atom.